The minimum atomic E-state index is -0.259. The van der Waals surface area contributed by atoms with Crippen LogP contribution in [0.25, 0.3) is 11.0 Å². The summed E-state index contributed by atoms with van der Waals surface area (Å²) < 4.78 is 10.8. The third-order valence-corrected chi connectivity index (χ3v) is 3.15. The first-order valence-electron chi connectivity index (χ1n) is 6.51. The van der Waals surface area contributed by atoms with E-state index in [-0.39, 0.29) is 11.7 Å². The number of ether oxygens (including phenoxy) is 1. The van der Waals surface area contributed by atoms with Gasteiger partial charge in [-0.15, -0.1) is 0 Å². The average molecular weight is 282 g/mol. The predicted octanol–water partition coefficient (Wildman–Crippen LogP) is 2.77. The smallest absolute Gasteiger partial charge is 0.287 e. The highest BCUT2D eigenvalue weighted by molar-refractivity contribution is 5.97. The lowest BCUT2D eigenvalue weighted by atomic mass is 10.2. The van der Waals surface area contributed by atoms with Crippen LogP contribution in [-0.2, 0) is 6.54 Å². The van der Waals surface area contributed by atoms with Crippen LogP contribution in [0, 0.1) is 0 Å². The van der Waals surface area contributed by atoms with E-state index in [1.165, 1.54) is 0 Å². The number of aromatic nitrogens is 1. The summed E-state index contributed by atoms with van der Waals surface area (Å²) in [6.07, 6.45) is 3.38. The van der Waals surface area contributed by atoms with E-state index >= 15 is 0 Å². The molecule has 0 fully saturated rings. The first kappa shape index (κ1) is 13.2. The second-order valence-electron chi connectivity index (χ2n) is 4.53. The molecule has 0 radical (unpaired) electrons. The molecule has 5 heteroatoms. The monoisotopic (exact) mass is 282 g/mol. The lowest BCUT2D eigenvalue weighted by Crippen LogP contribution is -2.22. The van der Waals surface area contributed by atoms with Gasteiger partial charge in [-0.05, 0) is 29.8 Å². The van der Waals surface area contributed by atoms with Gasteiger partial charge in [-0.1, -0.05) is 12.1 Å². The Balaban J connectivity index is 1.79. The number of carbonyl (C=O) groups excluding carboxylic acids is 1. The molecule has 0 aliphatic rings. The minimum absolute atomic E-state index is 0.259. The molecule has 106 valence electrons. The van der Waals surface area contributed by atoms with E-state index in [9.17, 15) is 4.79 Å². The van der Waals surface area contributed by atoms with Gasteiger partial charge in [0.15, 0.2) is 17.1 Å². The van der Waals surface area contributed by atoms with E-state index in [4.69, 9.17) is 9.15 Å². The lowest BCUT2D eigenvalue weighted by molar-refractivity contribution is 0.0925. The quantitative estimate of drug-likeness (QED) is 0.799. The Morgan fingerprint density at radius 3 is 2.86 bits per heavy atom. The predicted molar refractivity (Wildman–Crippen MR) is 78.2 cm³/mol. The van der Waals surface area contributed by atoms with Crippen molar-refractivity contribution in [3.8, 4) is 5.75 Å². The number of furan rings is 1. The molecule has 1 N–H and O–H groups in total. The SMILES string of the molecule is COc1cccc2cc(C(=O)NCc3ccncc3)oc12. The topological polar surface area (TPSA) is 64.4 Å². The third kappa shape index (κ3) is 2.72. The van der Waals surface area contributed by atoms with Gasteiger partial charge in [-0.2, -0.15) is 0 Å². The van der Waals surface area contributed by atoms with Crippen molar-refractivity contribution in [1.29, 1.82) is 0 Å². The average Bonchev–Trinajstić information content (AvgIpc) is 2.97. The summed E-state index contributed by atoms with van der Waals surface area (Å²) in [5.74, 6) is 0.620. The van der Waals surface area contributed by atoms with E-state index in [2.05, 4.69) is 10.3 Å². The molecule has 1 aromatic carbocycles. The molecule has 0 aliphatic carbocycles. The van der Waals surface area contributed by atoms with Crippen molar-refractivity contribution < 1.29 is 13.9 Å². The number of fused-ring (bicyclic) bond motifs is 1. The first-order chi connectivity index (χ1) is 10.3. The molecule has 0 spiro atoms. The van der Waals surface area contributed by atoms with Crippen LogP contribution in [0.15, 0.2) is 53.2 Å². The Morgan fingerprint density at radius 2 is 2.10 bits per heavy atom. The standard InChI is InChI=1S/C16H14N2O3/c1-20-13-4-2-3-12-9-14(21-15(12)13)16(19)18-10-11-5-7-17-8-6-11/h2-9H,10H2,1H3,(H,18,19). The summed E-state index contributed by atoms with van der Waals surface area (Å²) in [7, 11) is 1.57. The molecule has 1 amide bonds. The zero-order valence-electron chi connectivity index (χ0n) is 11.5. The molecule has 2 aromatic heterocycles. The van der Waals surface area contributed by atoms with Gasteiger partial charge >= 0.3 is 0 Å². The molecular weight excluding hydrogens is 268 g/mol. The number of benzene rings is 1. The second-order valence-corrected chi connectivity index (χ2v) is 4.53. The Bertz CT molecular complexity index is 766. The zero-order chi connectivity index (χ0) is 14.7. The van der Waals surface area contributed by atoms with E-state index < -0.39 is 0 Å². The summed E-state index contributed by atoms with van der Waals surface area (Å²) in [5.41, 5.74) is 1.56. The van der Waals surface area contributed by atoms with Crippen molar-refractivity contribution in [2.24, 2.45) is 0 Å². The fourth-order valence-corrected chi connectivity index (χ4v) is 2.08. The number of methoxy groups -OCH3 is 1. The Hall–Kier alpha value is -2.82. The number of hydrogen-bond donors (Lipinski definition) is 1. The maximum absolute atomic E-state index is 12.1. The van der Waals surface area contributed by atoms with Crippen LogP contribution in [0.5, 0.6) is 5.75 Å². The van der Waals surface area contributed by atoms with Gasteiger partial charge in [-0.3, -0.25) is 9.78 Å². The third-order valence-electron chi connectivity index (χ3n) is 3.15. The van der Waals surface area contributed by atoms with E-state index in [0.29, 0.717) is 17.9 Å². The van der Waals surface area contributed by atoms with Crippen molar-refractivity contribution in [2.45, 2.75) is 6.54 Å². The zero-order valence-corrected chi connectivity index (χ0v) is 11.5. The molecule has 21 heavy (non-hydrogen) atoms. The number of carbonyl (C=O) groups is 1. The molecule has 5 nitrogen and oxygen atoms in total. The molecule has 0 atom stereocenters. The van der Waals surface area contributed by atoms with E-state index in [0.717, 1.165) is 10.9 Å². The molecule has 2 heterocycles. The molecule has 0 unspecified atom stereocenters. The summed E-state index contributed by atoms with van der Waals surface area (Å²) in [6, 6.07) is 10.9. The van der Waals surface area contributed by atoms with Crippen LogP contribution in [0.2, 0.25) is 0 Å². The molecule has 0 bridgehead atoms. The van der Waals surface area contributed by atoms with Crippen LogP contribution >= 0.6 is 0 Å². The Kier molecular flexibility index (Phi) is 3.55. The number of amides is 1. The van der Waals surface area contributed by atoms with Crippen molar-refractivity contribution in [3.05, 3.63) is 60.1 Å². The molecule has 3 aromatic rings. The maximum Gasteiger partial charge on any atom is 0.287 e. The van der Waals surface area contributed by atoms with Crippen molar-refractivity contribution in [3.63, 3.8) is 0 Å². The number of para-hydroxylation sites is 1. The van der Waals surface area contributed by atoms with Crippen molar-refractivity contribution in [1.82, 2.24) is 10.3 Å². The molecule has 0 saturated carbocycles. The van der Waals surface area contributed by atoms with Crippen LogP contribution in [0.3, 0.4) is 0 Å². The number of nitrogens with one attached hydrogen (secondary N) is 1. The lowest BCUT2D eigenvalue weighted by Gasteiger charge is -2.02. The molecular formula is C16H14N2O3. The summed E-state index contributed by atoms with van der Waals surface area (Å²) >= 11 is 0. The van der Waals surface area contributed by atoms with Gasteiger partial charge in [0.1, 0.15) is 0 Å². The highest BCUT2D eigenvalue weighted by Crippen LogP contribution is 2.28. The molecule has 3 rings (SSSR count). The maximum atomic E-state index is 12.1. The Morgan fingerprint density at radius 1 is 1.29 bits per heavy atom. The highest BCUT2D eigenvalue weighted by atomic mass is 16.5. The van der Waals surface area contributed by atoms with Gasteiger partial charge < -0.3 is 14.5 Å². The second kappa shape index (κ2) is 5.66. The van der Waals surface area contributed by atoms with E-state index in [1.807, 2.05) is 24.3 Å². The summed E-state index contributed by atoms with van der Waals surface area (Å²) in [4.78, 5) is 16.1. The van der Waals surface area contributed by atoms with Gasteiger partial charge in [0.2, 0.25) is 0 Å². The van der Waals surface area contributed by atoms with Gasteiger partial charge in [-0.25, -0.2) is 0 Å². The summed E-state index contributed by atoms with van der Waals surface area (Å²) in [5, 5.41) is 3.65. The first-order valence-corrected chi connectivity index (χ1v) is 6.51. The van der Waals surface area contributed by atoms with Gasteiger partial charge in [0.25, 0.3) is 5.91 Å². The number of nitrogens with zero attached hydrogens (tertiary/aromatic N) is 1. The number of hydrogen-bond acceptors (Lipinski definition) is 4. The number of pyridine rings is 1. The van der Waals surface area contributed by atoms with Crippen molar-refractivity contribution >= 4 is 16.9 Å². The van der Waals surface area contributed by atoms with E-state index in [1.54, 1.807) is 31.6 Å². The largest absolute Gasteiger partial charge is 0.493 e. The van der Waals surface area contributed by atoms with Crippen molar-refractivity contribution in [2.75, 3.05) is 7.11 Å². The van der Waals surface area contributed by atoms with Gasteiger partial charge in [0.05, 0.1) is 7.11 Å². The number of rotatable bonds is 4. The Labute approximate surface area is 121 Å². The molecule has 0 saturated heterocycles. The summed E-state index contributed by atoms with van der Waals surface area (Å²) in [6.45, 7) is 0.426. The van der Waals surface area contributed by atoms with Crippen LogP contribution in [0.4, 0.5) is 0 Å². The van der Waals surface area contributed by atoms with Gasteiger partial charge in [0, 0.05) is 24.3 Å². The highest BCUT2D eigenvalue weighted by Gasteiger charge is 2.14. The van der Waals surface area contributed by atoms with Crippen LogP contribution in [-0.4, -0.2) is 18.0 Å². The fourth-order valence-electron chi connectivity index (χ4n) is 2.08. The molecule has 0 aliphatic heterocycles. The normalized spacial score (nSPS) is 10.5. The van der Waals surface area contributed by atoms with Crippen LogP contribution in [0.1, 0.15) is 16.1 Å². The van der Waals surface area contributed by atoms with Crippen LogP contribution < -0.4 is 10.1 Å². The minimum Gasteiger partial charge on any atom is -0.493 e. The fraction of sp³-hybridized carbons (Fsp3) is 0.125.